The number of nitrogens with two attached hydrogens (primary N) is 1. The molecule has 3 heteroatoms. The van der Waals surface area contributed by atoms with Crippen molar-refractivity contribution in [1.29, 1.82) is 0 Å². The maximum Gasteiger partial charge on any atom is 0.174 e. The van der Waals surface area contributed by atoms with Gasteiger partial charge in [0.2, 0.25) is 0 Å². The Morgan fingerprint density at radius 1 is 1.14 bits per heavy atom. The van der Waals surface area contributed by atoms with E-state index in [0.29, 0.717) is 0 Å². The molecule has 2 unspecified atom stereocenters. The van der Waals surface area contributed by atoms with Gasteiger partial charge in [-0.05, 0) is 27.2 Å². The summed E-state index contributed by atoms with van der Waals surface area (Å²) in [5.74, 6) is 1.36. The summed E-state index contributed by atoms with van der Waals surface area (Å²) in [6.45, 7) is 14.2. The Hall–Kier alpha value is 0.820. The van der Waals surface area contributed by atoms with Gasteiger partial charge in [0.1, 0.15) is 7.41 Å². The minimum atomic E-state index is -1.08. The summed E-state index contributed by atoms with van der Waals surface area (Å²) in [6, 6.07) is 0. The third-order valence-corrected chi connectivity index (χ3v) is 13.9. The molecule has 2 N–H and O–H groups in total. The Labute approximate surface area is 92.0 Å². The summed E-state index contributed by atoms with van der Waals surface area (Å²) in [5.41, 5.74) is 7.27. The van der Waals surface area contributed by atoms with Crippen LogP contribution in [0.4, 0.5) is 0 Å². The Bertz CT molecular complexity index is 169. The quantitative estimate of drug-likeness (QED) is 0.695. The number of hydrogen-bond donors (Lipinski definition) is 1. The van der Waals surface area contributed by atoms with Crippen LogP contribution in [0.2, 0.25) is 0 Å². The fourth-order valence-electron chi connectivity index (χ4n) is 1.84. The molecular weight excluding hydrogens is 208 g/mol. The van der Waals surface area contributed by atoms with E-state index in [1.54, 1.807) is 0 Å². The third-order valence-electron chi connectivity index (χ3n) is 3.35. The molecule has 0 aliphatic rings. The van der Waals surface area contributed by atoms with Gasteiger partial charge in [0.15, 0.2) is 5.90 Å². The summed E-state index contributed by atoms with van der Waals surface area (Å²) in [7, 11) is -1.83. The first-order valence-corrected chi connectivity index (χ1v) is 11.1. The van der Waals surface area contributed by atoms with E-state index >= 15 is 0 Å². The van der Waals surface area contributed by atoms with Crippen molar-refractivity contribution in [2.24, 2.45) is 5.50 Å². The van der Waals surface area contributed by atoms with Crippen molar-refractivity contribution < 1.29 is 0 Å². The molecule has 0 aromatic carbocycles. The van der Waals surface area contributed by atoms with Gasteiger partial charge >= 0.3 is 0 Å². The van der Waals surface area contributed by atoms with Crippen molar-refractivity contribution in [3.63, 3.8) is 0 Å². The summed E-state index contributed by atoms with van der Waals surface area (Å²) < 4.78 is 0. The van der Waals surface area contributed by atoms with Crippen molar-refractivity contribution in [2.45, 2.75) is 39.8 Å². The van der Waals surface area contributed by atoms with Gasteiger partial charge in [-0.3, -0.25) is 0 Å². The topological polar surface area (TPSA) is 26.0 Å². The minimum absolute atomic E-state index is 0.755. The molecule has 0 saturated carbocycles. The van der Waals surface area contributed by atoms with E-state index in [4.69, 9.17) is 5.50 Å². The molecule has 0 aliphatic heterocycles. The van der Waals surface area contributed by atoms with Gasteiger partial charge in [-0.25, -0.2) is 5.50 Å². The summed E-state index contributed by atoms with van der Waals surface area (Å²) in [5, 5.41) is 0. The number of rotatable bonds is 6. The monoisotopic (exact) mass is 237 g/mol. The van der Waals surface area contributed by atoms with Crippen molar-refractivity contribution in [3.8, 4) is 0 Å². The first-order chi connectivity index (χ1) is 6.27. The van der Waals surface area contributed by atoms with Gasteiger partial charge in [0.05, 0.1) is 38.6 Å². The van der Waals surface area contributed by atoms with Crippen LogP contribution < -0.4 is 5.50 Å². The molecule has 0 heterocycles. The van der Waals surface area contributed by atoms with Crippen molar-refractivity contribution in [2.75, 3.05) is 31.6 Å². The van der Waals surface area contributed by atoms with Crippen molar-refractivity contribution in [3.05, 3.63) is 0 Å². The molecule has 0 bridgehead atoms. The van der Waals surface area contributed by atoms with E-state index in [1.807, 2.05) is 0 Å². The standard InChI is InChI=1S/C11H29NP2/c1-7-9-13(5,11(3)4)10-14(6,12)8-2/h11H,7-10,12H2,1-6H3/q+2. The van der Waals surface area contributed by atoms with E-state index in [-0.39, 0.29) is 0 Å². The van der Waals surface area contributed by atoms with Crippen LogP contribution in [0.5, 0.6) is 0 Å². The highest BCUT2D eigenvalue weighted by Crippen LogP contribution is 2.70. The fourth-order valence-corrected chi connectivity index (χ4v) is 12.0. The fraction of sp³-hybridized carbons (Fsp3) is 1.00. The lowest BCUT2D eigenvalue weighted by molar-refractivity contribution is 1.02. The van der Waals surface area contributed by atoms with Gasteiger partial charge in [-0.2, -0.15) is 0 Å². The summed E-state index contributed by atoms with van der Waals surface area (Å²) >= 11 is 0. The smallest absolute Gasteiger partial charge is 0.174 e. The molecule has 2 atom stereocenters. The molecule has 0 rings (SSSR count). The second-order valence-corrected chi connectivity index (χ2v) is 14.4. The molecule has 1 nitrogen and oxygen atoms in total. The Balaban J connectivity index is 4.51. The predicted molar refractivity (Wildman–Crippen MR) is 75.6 cm³/mol. The Morgan fingerprint density at radius 3 is 1.93 bits per heavy atom. The maximum atomic E-state index is 6.41. The molecule has 0 aromatic rings. The Kier molecular flexibility index (Phi) is 6.12. The normalized spacial score (nSPS) is 20.6. The van der Waals surface area contributed by atoms with Crippen LogP contribution in [0.15, 0.2) is 0 Å². The highest BCUT2D eigenvalue weighted by atomic mass is 31.2. The molecule has 0 amide bonds. The van der Waals surface area contributed by atoms with E-state index in [2.05, 4.69) is 41.0 Å². The van der Waals surface area contributed by atoms with Gasteiger partial charge in [-0.15, -0.1) is 0 Å². The van der Waals surface area contributed by atoms with Crippen LogP contribution in [0.3, 0.4) is 0 Å². The van der Waals surface area contributed by atoms with Crippen molar-refractivity contribution >= 4 is 14.7 Å². The van der Waals surface area contributed by atoms with Gasteiger partial charge in [0.25, 0.3) is 0 Å². The van der Waals surface area contributed by atoms with E-state index in [1.165, 1.54) is 24.6 Å². The molecule has 0 aliphatic carbocycles. The molecule has 0 spiro atoms. The highest BCUT2D eigenvalue weighted by molar-refractivity contribution is 7.90. The van der Waals surface area contributed by atoms with Crippen LogP contribution in [-0.2, 0) is 0 Å². The molecule has 86 valence electrons. The van der Waals surface area contributed by atoms with Crippen LogP contribution >= 0.6 is 14.7 Å². The first kappa shape index (κ1) is 14.8. The summed E-state index contributed by atoms with van der Waals surface area (Å²) in [4.78, 5) is 0. The zero-order valence-electron chi connectivity index (χ0n) is 10.9. The average molecular weight is 237 g/mol. The third kappa shape index (κ3) is 4.56. The largest absolute Gasteiger partial charge is 0.202 e. The van der Waals surface area contributed by atoms with Gasteiger partial charge in [-0.1, -0.05) is 6.92 Å². The molecule has 0 aromatic heterocycles. The van der Waals surface area contributed by atoms with Crippen LogP contribution in [0.25, 0.3) is 0 Å². The van der Waals surface area contributed by atoms with Crippen molar-refractivity contribution in [1.82, 2.24) is 0 Å². The SMILES string of the molecule is CCC[P+](C)(C[P+](C)(N)CC)C(C)C. The van der Waals surface area contributed by atoms with Crippen LogP contribution in [0, 0.1) is 0 Å². The second kappa shape index (κ2) is 5.78. The minimum Gasteiger partial charge on any atom is -0.202 e. The summed E-state index contributed by atoms with van der Waals surface area (Å²) in [6.07, 6.45) is 3.96. The number of hydrogen-bond acceptors (Lipinski definition) is 1. The molecule has 14 heavy (non-hydrogen) atoms. The second-order valence-electron chi connectivity index (χ2n) is 5.23. The van der Waals surface area contributed by atoms with Gasteiger partial charge in [0, 0.05) is 0 Å². The molecule has 0 saturated heterocycles. The lowest BCUT2D eigenvalue weighted by atomic mass is 10.6. The van der Waals surface area contributed by atoms with E-state index in [0.717, 1.165) is 5.66 Å². The van der Waals surface area contributed by atoms with Gasteiger partial charge < -0.3 is 0 Å². The van der Waals surface area contributed by atoms with Crippen LogP contribution in [-0.4, -0.2) is 37.2 Å². The molecule has 0 fully saturated rings. The highest BCUT2D eigenvalue weighted by Gasteiger charge is 2.44. The molecule has 0 radical (unpaired) electrons. The first-order valence-electron chi connectivity index (χ1n) is 5.74. The maximum absolute atomic E-state index is 6.41. The predicted octanol–water partition coefficient (Wildman–Crippen LogP) is 3.95. The zero-order chi connectivity index (χ0) is 11.4. The lowest BCUT2D eigenvalue weighted by Gasteiger charge is -2.29. The van der Waals surface area contributed by atoms with E-state index < -0.39 is 14.7 Å². The average Bonchev–Trinajstić information content (AvgIpc) is 2.03. The molecular formula is C11H29NP2+2. The zero-order valence-corrected chi connectivity index (χ0v) is 12.7. The Morgan fingerprint density at radius 2 is 1.64 bits per heavy atom. The van der Waals surface area contributed by atoms with E-state index in [9.17, 15) is 0 Å². The lowest BCUT2D eigenvalue weighted by Crippen LogP contribution is -2.19. The van der Waals surface area contributed by atoms with Crippen LogP contribution in [0.1, 0.15) is 34.1 Å².